The first kappa shape index (κ1) is 19.7. The van der Waals surface area contributed by atoms with E-state index in [4.69, 9.17) is 0 Å². The molecule has 0 aliphatic carbocycles. The average Bonchev–Trinajstić information content (AvgIpc) is 3.34. The summed E-state index contributed by atoms with van der Waals surface area (Å²) in [5.41, 5.74) is 2.71. The van der Waals surface area contributed by atoms with Crippen LogP contribution in [0.2, 0.25) is 0 Å². The third-order valence-corrected chi connectivity index (χ3v) is 6.28. The van der Waals surface area contributed by atoms with E-state index in [1.54, 1.807) is 12.4 Å². The van der Waals surface area contributed by atoms with E-state index in [1.807, 2.05) is 53.4 Å². The Kier molecular flexibility index (Phi) is 6.02. The molecule has 4 rings (SSSR count). The van der Waals surface area contributed by atoms with Crippen molar-refractivity contribution in [1.29, 1.82) is 0 Å². The minimum atomic E-state index is -0.141. The van der Waals surface area contributed by atoms with Crippen LogP contribution in [0.1, 0.15) is 0 Å². The highest BCUT2D eigenvalue weighted by atomic mass is 79.9. The Morgan fingerprint density at radius 3 is 2.79 bits per heavy atom. The number of thiazole rings is 1. The molecular weight excluding hydrogens is 472 g/mol. The lowest BCUT2D eigenvalue weighted by molar-refractivity contribution is -0.113. The monoisotopic (exact) mass is 486 g/mol. The third kappa shape index (κ3) is 4.72. The van der Waals surface area contributed by atoms with Gasteiger partial charge in [-0.2, -0.15) is 0 Å². The van der Waals surface area contributed by atoms with Gasteiger partial charge in [-0.1, -0.05) is 39.8 Å². The molecule has 3 aromatic heterocycles. The number of carbonyl (C=O) groups excluding carboxylic acids is 1. The highest BCUT2D eigenvalue weighted by molar-refractivity contribution is 9.10. The first-order valence-electron chi connectivity index (χ1n) is 8.54. The molecule has 0 aliphatic heterocycles. The van der Waals surface area contributed by atoms with Crippen molar-refractivity contribution in [3.8, 4) is 22.6 Å². The normalized spacial score (nSPS) is 10.8. The number of benzene rings is 1. The predicted octanol–water partition coefficient (Wildman–Crippen LogP) is 4.49. The maximum atomic E-state index is 12.3. The largest absolute Gasteiger partial charge is 0.305 e. The first-order valence-corrected chi connectivity index (χ1v) is 11.2. The molecule has 146 valence electrons. The summed E-state index contributed by atoms with van der Waals surface area (Å²) in [6.07, 6.45) is 3.44. The Hall–Kier alpha value is -2.56. The number of carbonyl (C=O) groups is 1. The Labute approximate surface area is 183 Å². The summed E-state index contributed by atoms with van der Waals surface area (Å²) < 4.78 is 2.86. The summed E-state index contributed by atoms with van der Waals surface area (Å²) >= 11 is 6.14. The average molecular weight is 487 g/mol. The zero-order valence-electron chi connectivity index (χ0n) is 15.2. The van der Waals surface area contributed by atoms with Gasteiger partial charge in [0.1, 0.15) is 0 Å². The van der Waals surface area contributed by atoms with Crippen LogP contribution in [0.25, 0.3) is 22.6 Å². The van der Waals surface area contributed by atoms with Crippen LogP contribution in [0, 0.1) is 0 Å². The van der Waals surface area contributed by atoms with E-state index < -0.39 is 0 Å². The van der Waals surface area contributed by atoms with Crippen molar-refractivity contribution in [1.82, 2.24) is 24.7 Å². The molecule has 0 bridgehead atoms. The number of rotatable bonds is 6. The van der Waals surface area contributed by atoms with E-state index in [0.29, 0.717) is 16.1 Å². The second-order valence-electron chi connectivity index (χ2n) is 5.99. The quantitative estimate of drug-likeness (QED) is 0.404. The van der Waals surface area contributed by atoms with Gasteiger partial charge in [0.15, 0.2) is 16.1 Å². The number of halogens is 1. The molecule has 4 aromatic rings. The number of aromatic nitrogens is 5. The Bertz CT molecular complexity index is 1130. The summed E-state index contributed by atoms with van der Waals surface area (Å²) in [4.78, 5) is 20.9. The van der Waals surface area contributed by atoms with Gasteiger partial charge in [0.05, 0.1) is 11.4 Å². The highest BCUT2D eigenvalue weighted by Gasteiger charge is 2.14. The molecule has 1 amide bonds. The second-order valence-corrected chi connectivity index (χ2v) is 8.70. The molecule has 0 saturated carbocycles. The topological polar surface area (TPSA) is 85.6 Å². The van der Waals surface area contributed by atoms with Crippen LogP contribution in [0.15, 0.2) is 63.8 Å². The lowest BCUT2D eigenvalue weighted by Crippen LogP contribution is -2.14. The second kappa shape index (κ2) is 8.85. The van der Waals surface area contributed by atoms with Crippen LogP contribution >= 0.6 is 39.0 Å². The van der Waals surface area contributed by atoms with Gasteiger partial charge in [-0.3, -0.25) is 9.78 Å². The molecule has 3 heterocycles. The number of thioether (sulfide) groups is 1. The number of anilines is 1. The number of amides is 1. The molecule has 0 unspecified atom stereocenters. The summed E-state index contributed by atoms with van der Waals surface area (Å²) in [7, 11) is 1.87. The van der Waals surface area contributed by atoms with Gasteiger partial charge in [-0.05, 0) is 24.3 Å². The Balaban J connectivity index is 1.36. The third-order valence-electron chi connectivity index (χ3n) is 3.98. The van der Waals surface area contributed by atoms with Gasteiger partial charge in [0, 0.05) is 40.4 Å². The number of hydrogen-bond acceptors (Lipinski definition) is 7. The fourth-order valence-electron chi connectivity index (χ4n) is 2.56. The van der Waals surface area contributed by atoms with E-state index in [0.717, 1.165) is 21.3 Å². The predicted molar refractivity (Wildman–Crippen MR) is 119 cm³/mol. The summed E-state index contributed by atoms with van der Waals surface area (Å²) in [6.45, 7) is 0. The number of pyridine rings is 1. The van der Waals surface area contributed by atoms with E-state index in [2.05, 4.69) is 41.4 Å². The standard InChI is InChI=1S/C19H15BrN6OS2/c1-26-17(13-3-2-8-21-9-13)24-25-19(26)29-11-16(27)23-18-22-15(10-28-18)12-4-6-14(20)7-5-12/h2-10H,11H2,1H3,(H,22,23,27). The van der Waals surface area contributed by atoms with Crippen molar-refractivity contribution in [2.75, 3.05) is 11.1 Å². The van der Waals surface area contributed by atoms with Gasteiger partial charge in [0.2, 0.25) is 5.91 Å². The van der Waals surface area contributed by atoms with Crippen molar-refractivity contribution in [3.63, 3.8) is 0 Å². The summed E-state index contributed by atoms with van der Waals surface area (Å²) in [5.74, 6) is 0.782. The van der Waals surface area contributed by atoms with Crippen LogP contribution in [0.4, 0.5) is 5.13 Å². The van der Waals surface area contributed by atoms with Crippen LogP contribution in [0.3, 0.4) is 0 Å². The lowest BCUT2D eigenvalue weighted by atomic mass is 10.2. The molecule has 1 aromatic carbocycles. The SMILES string of the molecule is Cn1c(SCC(=O)Nc2nc(-c3ccc(Br)cc3)cs2)nnc1-c1cccnc1. The molecule has 29 heavy (non-hydrogen) atoms. The molecular formula is C19H15BrN6OS2. The molecule has 0 radical (unpaired) electrons. The van der Waals surface area contributed by atoms with Crippen LogP contribution in [-0.2, 0) is 11.8 Å². The molecule has 0 atom stereocenters. The maximum absolute atomic E-state index is 12.3. The highest BCUT2D eigenvalue weighted by Crippen LogP contribution is 2.27. The zero-order chi connectivity index (χ0) is 20.2. The van der Waals surface area contributed by atoms with Gasteiger partial charge >= 0.3 is 0 Å². The fourth-order valence-corrected chi connectivity index (χ4v) is 4.27. The zero-order valence-corrected chi connectivity index (χ0v) is 18.5. The molecule has 0 fully saturated rings. The van der Waals surface area contributed by atoms with Gasteiger partial charge in [-0.25, -0.2) is 4.98 Å². The molecule has 1 N–H and O–H groups in total. The van der Waals surface area contributed by atoms with Crippen LogP contribution in [-0.4, -0.2) is 36.4 Å². The fraction of sp³-hybridized carbons (Fsp3) is 0.105. The molecule has 0 spiro atoms. The van der Waals surface area contributed by atoms with Gasteiger partial charge in [0.25, 0.3) is 0 Å². The van der Waals surface area contributed by atoms with Crippen molar-refractivity contribution in [2.45, 2.75) is 5.16 Å². The van der Waals surface area contributed by atoms with Gasteiger partial charge in [-0.15, -0.1) is 21.5 Å². The van der Waals surface area contributed by atoms with Crippen molar-refractivity contribution < 1.29 is 4.79 Å². The van der Waals surface area contributed by atoms with E-state index >= 15 is 0 Å². The first-order chi connectivity index (χ1) is 14.1. The lowest BCUT2D eigenvalue weighted by Gasteiger charge is -2.04. The van der Waals surface area contributed by atoms with Crippen LogP contribution < -0.4 is 5.32 Å². The summed E-state index contributed by atoms with van der Waals surface area (Å²) in [5, 5.41) is 14.4. The molecule has 7 nitrogen and oxygen atoms in total. The van der Waals surface area contributed by atoms with Gasteiger partial charge < -0.3 is 9.88 Å². The number of nitrogens with zero attached hydrogens (tertiary/aromatic N) is 5. The smallest absolute Gasteiger partial charge is 0.236 e. The minimum Gasteiger partial charge on any atom is -0.305 e. The van der Waals surface area contributed by atoms with Crippen molar-refractivity contribution >= 4 is 50.1 Å². The minimum absolute atomic E-state index is 0.141. The van der Waals surface area contributed by atoms with Crippen molar-refractivity contribution in [3.05, 3.63) is 58.6 Å². The number of hydrogen-bond donors (Lipinski definition) is 1. The van der Waals surface area contributed by atoms with E-state index in [9.17, 15) is 4.79 Å². The Morgan fingerprint density at radius 1 is 1.21 bits per heavy atom. The summed E-state index contributed by atoms with van der Waals surface area (Å²) in [6, 6.07) is 11.7. The maximum Gasteiger partial charge on any atom is 0.236 e. The van der Waals surface area contributed by atoms with E-state index in [-0.39, 0.29) is 11.7 Å². The molecule has 0 saturated heterocycles. The van der Waals surface area contributed by atoms with E-state index in [1.165, 1.54) is 23.1 Å². The molecule has 10 heteroatoms. The van der Waals surface area contributed by atoms with Crippen LogP contribution in [0.5, 0.6) is 0 Å². The number of nitrogens with one attached hydrogen (secondary N) is 1. The molecule has 0 aliphatic rings. The van der Waals surface area contributed by atoms with Crippen molar-refractivity contribution in [2.24, 2.45) is 7.05 Å². The Morgan fingerprint density at radius 2 is 2.03 bits per heavy atom.